The highest BCUT2D eigenvalue weighted by Crippen LogP contribution is 2.21. The number of aryl methyl sites for hydroxylation is 1. The van der Waals surface area contributed by atoms with E-state index in [4.69, 9.17) is 0 Å². The molecule has 0 atom stereocenters. The van der Waals surface area contributed by atoms with Crippen LogP contribution < -0.4 is 10.9 Å². The number of benzene rings is 1. The molecule has 2 N–H and O–H groups in total. The van der Waals surface area contributed by atoms with Crippen LogP contribution in [-0.2, 0) is 19.5 Å². The van der Waals surface area contributed by atoms with Crippen LogP contribution in [0.5, 0.6) is 0 Å². The number of aromatic nitrogens is 7. The number of rotatable bonds is 5. The molecule has 166 valence electrons. The van der Waals surface area contributed by atoms with Crippen LogP contribution in [0.3, 0.4) is 0 Å². The summed E-state index contributed by atoms with van der Waals surface area (Å²) in [7, 11) is 0. The SMILES string of the molecule is CCCn1c(=O)c2[nH]c(-c3cnn(Cc4ccc5c(c4)CCNC5=O)c3)nc2n2ccnc12. The van der Waals surface area contributed by atoms with Crippen molar-refractivity contribution < 1.29 is 4.79 Å². The Balaban J connectivity index is 1.35. The number of hydrogen-bond acceptors (Lipinski definition) is 5. The van der Waals surface area contributed by atoms with Crippen LogP contribution in [0, 0.1) is 0 Å². The summed E-state index contributed by atoms with van der Waals surface area (Å²) in [4.78, 5) is 37.2. The van der Waals surface area contributed by atoms with E-state index in [1.165, 1.54) is 0 Å². The number of amides is 1. The maximum absolute atomic E-state index is 13.1. The molecule has 0 saturated carbocycles. The summed E-state index contributed by atoms with van der Waals surface area (Å²) in [6.07, 6.45) is 8.78. The third-order valence-electron chi connectivity index (χ3n) is 6.03. The largest absolute Gasteiger partial charge is 0.352 e. The topological polar surface area (TPSA) is 115 Å². The molecule has 0 unspecified atom stereocenters. The Morgan fingerprint density at radius 1 is 1.21 bits per heavy atom. The molecule has 1 aliphatic rings. The van der Waals surface area contributed by atoms with Crippen molar-refractivity contribution in [3.8, 4) is 11.4 Å². The second-order valence-electron chi connectivity index (χ2n) is 8.26. The van der Waals surface area contributed by atoms with Crippen molar-refractivity contribution in [1.29, 1.82) is 0 Å². The first kappa shape index (κ1) is 19.5. The number of fused-ring (bicyclic) bond motifs is 4. The molecule has 0 fully saturated rings. The lowest BCUT2D eigenvalue weighted by atomic mass is 9.98. The molecular weight excluding hydrogens is 420 g/mol. The molecule has 10 heteroatoms. The van der Waals surface area contributed by atoms with Gasteiger partial charge < -0.3 is 10.3 Å². The van der Waals surface area contributed by atoms with Crippen LogP contribution in [0.1, 0.15) is 34.8 Å². The lowest BCUT2D eigenvalue weighted by Gasteiger charge is -2.17. The fourth-order valence-corrected chi connectivity index (χ4v) is 4.47. The molecule has 33 heavy (non-hydrogen) atoms. The average molecular weight is 442 g/mol. The van der Waals surface area contributed by atoms with Crippen molar-refractivity contribution in [1.82, 2.24) is 39.0 Å². The van der Waals surface area contributed by atoms with Crippen molar-refractivity contribution in [2.75, 3.05) is 6.54 Å². The summed E-state index contributed by atoms with van der Waals surface area (Å²) in [5.74, 6) is 1.16. The zero-order valence-corrected chi connectivity index (χ0v) is 18.1. The summed E-state index contributed by atoms with van der Waals surface area (Å²) in [6.45, 7) is 3.85. The van der Waals surface area contributed by atoms with Gasteiger partial charge in [-0.3, -0.25) is 23.2 Å². The minimum Gasteiger partial charge on any atom is -0.352 e. The van der Waals surface area contributed by atoms with Gasteiger partial charge >= 0.3 is 0 Å². The van der Waals surface area contributed by atoms with Crippen molar-refractivity contribution >= 4 is 22.8 Å². The zero-order valence-electron chi connectivity index (χ0n) is 18.1. The molecule has 6 rings (SSSR count). The van der Waals surface area contributed by atoms with E-state index in [2.05, 4.69) is 31.4 Å². The second kappa shape index (κ2) is 7.44. The van der Waals surface area contributed by atoms with E-state index < -0.39 is 0 Å². The third-order valence-corrected chi connectivity index (χ3v) is 6.03. The fraction of sp³-hybridized carbons (Fsp3) is 0.261. The van der Waals surface area contributed by atoms with E-state index in [0.29, 0.717) is 42.4 Å². The van der Waals surface area contributed by atoms with Crippen LogP contribution >= 0.6 is 0 Å². The van der Waals surface area contributed by atoms with Gasteiger partial charge in [0.25, 0.3) is 11.5 Å². The molecule has 0 saturated heterocycles. The second-order valence-corrected chi connectivity index (χ2v) is 8.26. The molecule has 5 aromatic rings. The minimum atomic E-state index is -0.130. The molecule has 5 heterocycles. The first-order chi connectivity index (χ1) is 16.1. The number of nitrogens with one attached hydrogen (secondary N) is 2. The fourth-order valence-electron chi connectivity index (χ4n) is 4.47. The van der Waals surface area contributed by atoms with Gasteiger partial charge in [-0.1, -0.05) is 19.1 Å². The monoisotopic (exact) mass is 442 g/mol. The van der Waals surface area contributed by atoms with Crippen LogP contribution in [0.4, 0.5) is 0 Å². The number of nitrogens with zero attached hydrogens (tertiary/aromatic N) is 6. The van der Waals surface area contributed by atoms with E-state index in [1.807, 2.05) is 40.5 Å². The van der Waals surface area contributed by atoms with Crippen molar-refractivity contribution in [2.45, 2.75) is 32.9 Å². The molecule has 1 amide bonds. The predicted molar refractivity (Wildman–Crippen MR) is 122 cm³/mol. The molecule has 1 aromatic carbocycles. The third kappa shape index (κ3) is 3.13. The number of imidazole rings is 2. The average Bonchev–Trinajstić information content (AvgIpc) is 3.55. The van der Waals surface area contributed by atoms with Gasteiger partial charge in [-0.2, -0.15) is 5.10 Å². The molecule has 0 radical (unpaired) electrons. The summed E-state index contributed by atoms with van der Waals surface area (Å²) in [5.41, 5.74) is 4.54. The zero-order chi connectivity index (χ0) is 22.5. The van der Waals surface area contributed by atoms with Crippen LogP contribution in [0.25, 0.3) is 28.3 Å². The van der Waals surface area contributed by atoms with Gasteiger partial charge in [0.15, 0.2) is 11.2 Å². The number of carbonyl (C=O) groups excluding carboxylic acids is 1. The molecule has 0 spiro atoms. The number of hydrogen-bond donors (Lipinski definition) is 2. The first-order valence-corrected chi connectivity index (χ1v) is 11.0. The van der Waals surface area contributed by atoms with Gasteiger partial charge in [0.2, 0.25) is 5.78 Å². The van der Waals surface area contributed by atoms with Crippen LogP contribution in [0.15, 0.2) is 47.8 Å². The van der Waals surface area contributed by atoms with Gasteiger partial charge in [0, 0.05) is 37.2 Å². The summed E-state index contributed by atoms with van der Waals surface area (Å²) in [5, 5.41) is 7.35. The Kier molecular flexibility index (Phi) is 4.39. The molecule has 0 aliphatic carbocycles. The minimum absolute atomic E-state index is 0.0148. The number of carbonyl (C=O) groups is 1. The quantitative estimate of drug-likeness (QED) is 0.432. The standard InChI is InChI=1S/C23H22N8O2/c1-2-8-31-22(33)18-20(30-9-7-25-23(30)31)28-19(27-18)16-11-26-29(13-16)12-14-3-4-17-15(10-14)5-6-24-21(17)32/h3-4,7,9-11,13H,2,5-6,8,12H2,1H3,(H,24,32)(H,27,28). The molecule has 0 bridgehead atoms. The Bertz CT molecular complexity index is 1590. The first-order valence-electron chi connectivity index (χ1n) is 11.0. The van der Waals surface area contributed by atoms with E-state index >= 15 is 0 Å². The Morgan fingerprint density at radius 3 is 3.00 bits per heavy atom. The number of H-pyrrole nitrogens is 1. The lowest BCUT2D eigenvalue weighted by Crippen LogP contribution is -2.31. The normalized spacial score (nSPS) is 13.5. The van der Waals surface area contributed by atoms with E-state index in [-0.39, 0.29) is 11.5 Å². The molecular formula is C23H22N8O2. The number of aromatic amines is 1. The summed E-state index contributed by atoms with van der Waals surface area (Å²) >= 11 is 0. The smallest absolute Gasteiger partial charge is 0.280 e. The van der Waals surface area contributed by atoms with Gasteiger partial charge in [-0.25, -0.2) is 9.97 Å². The Labute approximate surface area is 187 Å². The Morgan fingerprint density at radius 2 is 2.12 bits per heavy atom. The van der Waals surface area contributed by atoms with Crippen molar-refractivity contribution in [3.63, 3.8) is 0 Å². The highest BCUT2D eigenvalue weighted by molar-refractivity contribution is 5.96. The highest BCUT2D eigenvalue weighted by Gasteiger charge is 2.18. The van der Waals surface area contributed by atoms with E-state index in [1.54, 1.807) is 17.0 Å². The molecule has 1 aliphatic heterocycles. The lowest BCUT2D eigenvalue weighted by molar-refractivity contribution is 0.0946. The highest BCUT2D eigenvalue weighted by atomic mass is 16.1. The van der Waals surface area contributed by atoms with Crippen LogP contribution in [0.2, 0.25) is 0 Å². The summed E-state index contributed by atoms with van der Waals surface area (Å²) < 4.78 is 5.33. The van der Waals surface area contributed by atoms with Crippen molar-refractivity contribution in [2.24, 2.45) is 0 Å². The maximum Gasteiger partial charge on any atom is 0.280 e. The van der Waals surface area contributed by atoms with E-state index in [9.17, 15) is 9.59 Å². The predicted octanol–water partition coefficient (Wildman–Crippen LogP) is 1.98. The molecule has 4 aromatic heterocycles. The van der Waals surface area contributed by atoms with Gasteiger partial charge in [0.05, 0.1) is 18.3 Å². The molecule has 10 nitrogen and oxygen atoms in total. The van der Waals surface area contributed by atoms with E-state index in [0.717, 1.165) is 35.1 Å². The van der Waals surface area contributed by atoms with Crippen LogP contribution in [-0.4, -0.2) is 46.2 Å². The Hall–Kier alpha value is -4.21. The van der Waals surface area contributed by atoms with Gasteiger partial charge in [-0.15, -0.1) is 0 Å². The summed E-state index contributed by atoms with van der Waals surface area (Å²) in [6, 6.07) is 5.90. The maximum atomic E-state index is 13.1. The van der Waals surface area contributed by atoms with Gasteiger partial charge in [0.1, 0.15) is 5.82 Å². The van der Waals surface area contributed by atoms with Gasteiger partial charge in [-0.05, 0) is 30.0 Å². The van der Waals surface area contributed by atoms with Crippen molar-refractivity contribution in [3.05, 3.63) is 70.0 Å².